The quantitative estimate of drug-likeness (QED) is 0.701. The summed E-state index contributed by atoms with van der Waals surface area (Å²) in [6.07, 6.45) is 2.46. The Morgan fingerprint density at radius 3 is 2.55 bits per heavy atom. The molecule has 1 aromatic carbocycles. The van der Waals surface area contributed by atoms with Crippen LogP contribution in [-0.2, 0) is 4.79 Å². The standard InChI is InChI=1S/C14H20N4O2/c15-10-3-4-11(12(16)9-10)14(20)17-6-5-13(19)18-7-1-2-8-18/h3-4,9H,1-2,5-8,15-16H2,(H,17,20). The van der Waals surface area contributed by atoms with E-state index in [1.54, 1.807) is 18.2 Å². The first-order valence-corrected chi connectivity index (χ1v) is 6.79. The number of rotatable bonds is 4. The average molecular weight is 276 g/mol. The molecular weight excluding hydrogens is 256 g/mol. The average Bonchev–Trinajstić information content (AvgIpc) is 2.92. The summed E-state index contributed by atoms with van der Waals surface area (Å²) in [4.78, 5) is 25.6. The lowest BCUT2D eigenvalue weighted by Crippen LogP contribution is -2.32. The van der Waals surface area contributed by atoms with Gasteiger partial charge in [-0.25, -0.2) is 0 Å². The molecule has 1 aromatic rings. The topological polar surface area (TPSA) is 101 Å². The Morgan fingerprint density at radius 2 is 1.90 bits per heavy atom. The Bertz CT molecular complexity index is 510. The molecule has 6 nitrogen and oxygen atoms in total. The van der Waals surface area contributed by atoms with Crippen LogP contribution in [0.2, 0.25) is 0 Å². The maximum Gasteiger partial charge on any atom is 0.253 e. The zero-order valence-corrected chi connectivity index (χ0v) is 11.4. The normalized spacial score (nSPS) is 14.3. The molecule has 108 valence electrons. The predicted molar refractivity (Wildman–Crippen MR) is 78.0 cm³/mol. The van der Waals surface area contributed by atoms with Crippen molar-refractivity contribution in [2.24, 2.45) is 0 Å². The molecule has 0 saturated carbocycles. The minimum atomic E-state index is -0.281. The van der Waals surface area contributed by atoms with Gasteiger partial charge in [0.15, 0.2) is 0 Å². The molecule has 0 atom stereocenters. The van der Waals surface area contributed by atoms with Crippen LogP contribution in [0.5, 0.6) is 0 Å². The van der Waals surface area contributed by atoms with E-state index in [0.717, 1.165) is 25.9 Å². The van der Waals surface area contributed by atoms with Crippen LogP contribution in [-0.4, -0.2) is 36.3 Å². The van der Waals surface area contributed by atoms with Gasteiger partial charge in [-0.1, -0.05) is 0 Å². The summed E-state index contributed by atoms with van der Waals surface area (Å²) in [5.41, 5.74) is 12.6. The Kier molecular flexibility index (Phi) is 4.45. The molecule has 2 amide bonds. The molecule has 0 radical (unpaired) electrons. The number of carbonyl (C=O) groups excluding carboxylic acids is 2. The van der Waals surface area contributed by atoms with Crippen molar-refractivity contribution in [1.82, 2.24) is 10.2 Å². The molecule has 0 spiro atoms. The number of nitrogens with two attached hydrogens (primary N) is 2. The van der Waals surface area contributed by atoms with Gasteiger partial charge in [0.2, 0.25) is 5.91 Å². The number of hydrogen-bond acceptors (Lipinski definition) is 4. The first kappa shape index (κ1) is 14.2. The molecule has 5 N–H and O–H groups in total. The molecule has 1 fully saturated rings. The van der Waals surface area contributed by atoms with E-state index in [1.807, 2.05) is 4.90 Å². The van der Waals surface area contributed by atoms with Crippen molar-refractivity contribution in [1.29, 1.82) is 0 Å². The fraction of sp³-hybridized carbons (Fsp3) is 0.429. The number of benzene rings is 1. The van der Waals surface area contributed by atoms with Gasteiger partial charge in [-0.05, 0) is 31.0 Å². The maximum absolute atomic E-state index is 11.9. The SMILES string of the molecule is Nc1ccc(C(=O)NCCC(=O)N2CCCC2)c(N)c1. The number of nitrogen functional groups attached to an aromatic ring is 2. The van der Waals surface area contributed by atoms with E-state index in [1.165, 1.54) is 0 Å². The smallest absolute Gasteiger partial charge is 0.253 e. The van der Waals surface area contributed by atoms with E-state index in [9.17, 15) is 9.59 Å². The molecule has 1 heterocycles. The number of carbonyl (C=O) groups is 2. The molecule has 0 unspecified atom stereocenters. The Labute approximate surface area is 118 Å². The van der Waals surface area contributed by atoms with Crippen LogP contribution >= 0.6 is 0 Å². The summed E-state index contributed by atoms with van der Waals surface area (Å²) < 4.78 is 0. The van der Waals surface area contributed by atoms with E-state index in [-0.39, 0.29) is 11.8 Å². The molecular formula is C14H20N4O2. The molecule has 0 aromatic heterocycles. The second-order valence-corrected chi connectivity index (χ2v) is 4.94. The van der Waals surface area contributed by atoms with E-state index < -0.39 is 0 Å². The maximum atomic E-state index is 11.9. The Morgan fingerprint density at radius 1 is 1.20 bits per heavy atom. The van der Waals surface area contributed by atoms with Crippen molar-refractivity contribution < 1.29 is 9.59 Å². The van der Waals surface area contributed by atoms with Crippen molar-refractivity contribution >= 4 is 23.2 Å². The summed E-state index contributed by atoms with van der Waals surface area (Å²) >= 11 is 0. The number of likely N-dealkylation sites (tertiary alicyclic amines) is 1. The van der Waals surface area contributed by atoms with Gasteiger partial charge in [0.25, 0.3) is 5.91 Å². The predicted octanol–water partition coefficient (Wildman–Crippen LogP) is 0.593. The lowest BCUT2D eigenvalue weighted by molar-refractivity contribution is -0.129. The molecule has 20 heavy (non-hydrogen) atoms. The lowest BCUT2D eigenvalue weighted by Gasteiger charge is -2.15. The van der Waals surface area contributed by atoms with Gasteiger partial charge in [0, 0.05) is 37.4 Å². The minimum Gasteiger partial charge on any atom is -0.399 e. The van der Waals surface area contributed by atoms with Gasteiger partial charge in [0.05, 0.1) is 5.56 Å². The van der Waals surface area contributed by atoms with E-state index >= 15 is 0 Å². The third kappa shape index (κ3) is 3.40. The fourth-order valence-corrected chi connectivity index (χ4v) is 2.29. The van der Waals surface area contributed by atoms with Crippen LogP contribution < -0.4 is 16.8 Å². The number of anilines is 2. The highest BCUT2D eigenvalue weighted by Crippen LogP contribution is 2.15. The van der Waals surface area contributed by atoms with Crippen molar-refractivity contribution in [3.05, 3.63) is 23.8 Å². The van der Waals surface area contributed by atoms with Crippen molar-refractivity contribution in [3.63, 3.8) is 0 Å². The van der Waals surface area contributed by atoms with Gasteiger partial charge in [-0.3, -0.25) is 9.59 Å². The highest BCUT2D eigenvalue weighted by molar-refractivity contribution is 5.99. The third-order valence-corrected chi connectivity index (χ3v) is 3.40. The number of amides is 2. The lowest BCUT2D eigenvalue weighted by atomic mass is 10.1. The molecule has 6 heteroatoms. The first-order valence-electron chi connectivity index (χ1n) is 6.79. The first-order chi connectivity index (χ1) is 9.58. The summed E-state index contributed by atoms with van der Waals surface area (Å²) in [6.45, 7) is 1.98. The summed E-state index contributed by atoms with van der Waals surface area (Å²) in [5.74, 6) is -0.190. The van der Waals surface area contributed by atoms with Crippen LogP contribution in [0.15, 0.2) is 18.2 Å². The summed E-state index contributed by atoms with van der Waals surface area (Å²) in [5, 5.41) is 2.71. The van der Waals surface area contributed by atoms with Gasteiger partial charge >= 0.3 is 0 Å². The fourth-order valence-electron chi connectivity index (χ4n) is 2.29. The monoisotopic (exact) mass is 276 g/mol. The largest absolute Gasteiger partial charge is 0.399 e. The van der Waals surface area contributed by atoms with Crippen molar-refractivity contribution in [3.8, 4) is 0 Å². The van der Waals surface area contributed by atoms with Crippen LogP contribution in [0.3, 0.4) is 0 Å². The van der Waals surface area contributed by atoms with Gasteiger partial charge in [0.1, 0.15) is 0 Å². The molecule has 1 aliphatic rings. The molecule has 0 bridgehead atoms. The van der Waals surface area contributed by atoms with Crippen molar-refractivity contribution in [2.45, 2.75) is 19.3 Å². The van der Waals surface area contributed by atoms with E-state index in [0.29, 0.717) is 29.9 Å². The number of hydrogen-bond donors (Lipinski definition) is 3. The molecule has 0 aliphatic carbocycles. The van der Waals surface area contributed by atoms with Crippen LogP contribution in [0.1, 0.15) is 29.6 Å². The zero-order chi connectivity index (χ0) is 14.5. The second kappa shape index (κ2) is 6.27. The highest BCUT2D eigenvalue weighted by atomic mass is 16.2. The molecule has 1 saturated heterocycles. The van der Waals surface area contributed by atoms with Gasteiger partial charge < -0.3 is 21.7 Å². The molecule has 1 aliphatic heterocycles. The third-order valence-electron chi connectivity index (χ3n) is 3.40. The number of nitrogens with one attached hydrogen (secondary N) is 1. The van der Waals surface area contributed by atoms with Gasteiger partial charge in [-0.15, -0.1) is 0 Å². The second-order valence-electron chi connectivity index (χ2n) is 4.94. The molecule has 2 rings (SSSR count). The summed E-state index contributed by atoms with van der Waals surface area (Å²) in [7, 11) is 0. The van der Waals surface area contributed by atoms with E-state index in [2.05, 4.69) is 5.32 Å². The van der Waals surface area contributed by atoms with Gasteiger partial charge in [-0.2, -0.15) is 0 Å². The summed E-state index contributed by atoms with van der Waals surface area (Å²) in [6, 6.07) is 4.76. The van der Waals surface area contributed by atoms with E-state index in [4.69, 9.17) is 11.5 Å². The van der Waals surface area contributed by atoms with Crippen molar-refractivity contribution in [2.75, 3.05) is 31.1 Å². The number of nitrogens with zero attached hydrogens (tertiary/aromatic N) is 1. The zero-order valence-electron chi connectivity index (χ0n) is 11.4. The van der Waals surface area contributed by atoms with Crippen LogP contribution in [0, 0.1) is 0 Å². The Balaban J connectivity index is 1.81. The van der Waals surface area contributed by atoms with Crippen LogP contribution in [0.4, 0.5) is 11.4 Å². The minimum absolute atomic E-state index is 0.0908. The van der Waals surface area contributed by atoms with Crippen LogP contribution in [0.25, 0.3) is 0 Å². The Hall–Kier alpha value is -2.24. The highest BCUT2D eigenvalue weighted by Gasteiger charge is 2.17.